The predicted octanol–water partition coefficient (Wildman–Crippen LogP) is 2.19. The van der Waals surface area contributed by atoms with Crippen LogP contribution in [0.2, 0.25) is 0 Å². The van der Waals surface area contributed by atoms with Crippen LogP contribution in [0.4, 0.5) is 11.4 Å². The summed E-state index contributed by atoms with van der Waals surface area (Å²) in [5, 5.41) is 12.3. The first-order chi connectivity index (χ1) is 8.60. The van der Waals surface area contributed by atoms with Crippen LogP contribution in [-0.2, 0) is 4.74 Å². The number of nitrogen functional groups attached to an aromatic ring is 1. The summed E-state index contributed by atoms with van der Waals surface area (Å²) in [6.07, 6.45) is 1.87. The number of carboxylic acid groups (broad SMARTS) is 1. The quantitative estimate of drug-likeness (QED) is 0.648. The van der Waals surface area contributed by atoms with Gasteiger partial charge < -0.3 is 20.9 Å². The Morgan fingerprint density at radius 3 is 2.83 bits per heavy atom. The van der Waals surface area contributed by atoms with Crippen LogP contribution in [0, 0.1) is 0 Å². The van der Waals surface area contributed by atoms with E-state index in [1.165, 1.54) is 6.07 Å². The summed E-state index contributed by atoms with van der Waals surface area (Å²) >= 11 is 0. The van der Waals surface area contributed by atoms with Crippen LogP contribution in [0.3, 0.4) is 0 Å². The van der Waals surface area contributed by atoms with Crippen molar-refractivity contribution in [2.75, 3.05) is 24.8 Å². The first-order valence-electron chi connectivity index (χ1n) is 5.97. The van der Waals surface area contributed by atoms with Gasteiger partial charge in [0.05, 0.1) is 23.5 Å². The molecule has 0 aliphatic carbocycles. The van der Waals surface area contributed by atoms with Crippen molar-refractivity contribution in [3.8, 4) is 0 Å². The maximum Gasteiger partial charge on any atom is 0.337 e. The zero-order valence-electron chi connectivity index (χ0n) is 10.8. The van der Waals surface area contributed by atoms with Gasteiger partial charge in [0.15, 0.2) is 0 Å². The summed E-state index contributed by atoms with van der Waals surface area (Å²) in [4.78, 5) is 11.1. The molecule has 0 heterocycles. The molecule has 0 fully saturated rings. The summed E-state index contributed by atoms with van der Waals surface area (Å²) in [7, 11) is 1.62. The molecule has 4 N–H and O–H groups in total. The summed E-state index contributed by atoms with van der Waals surface area (Å²) in [6, 6.07) is 4.92. The first-order valence-corrected chi connectivity index (χ1v) is 5.97. The van der Waals surface area contributed by atoms with Crippen molar-refractivity contribution in [1.29, 1.82) is 0 Å². The number of nitrogens with two attached hydrogens (primary N) is 1. The van der Waals surface area contributed by atoms with Gasteiger partial charge in [0, 0.05) is 13.2 Å². The SMILES string of the molecule is CCCC(COC)Nc1c(N)cccc1C(=O)O. The van der Waals surface area contributed by atoms with E-state index < -0.39 is 5.97 Å². The monoisotopic (exact) mass is 252 g/mol. The van der Waals surface area contributed by atoms with Gasteiger partial charge in [0.2, 0.25) is 0 Å². The number of carbonyl (C=O) groups is 1. The fourth-order valence-electron chi connectivity index (χ4n) is 1.86. The lowest BCUT2D eigenvalue weighted by Gasteiger charge is -2.21. The molecular weight excluding hydrogens is 232 g/mol. The number of hydrogen-bond donors (Lipinski definition) is 3. The maximum atomic E-state index is 11.1. The molecule has 0 aliphatic heterocycles. The van der Waals surface area contributed by atoms with E-state index in [9.17, 15) is 4.79 Å². The second-order valence-corrected chi connectivity index (χ2v) is 4.16. The summed E-state index contributed by atoms with van der Waals surface area (Å²) in [6.45, 7) is 2.58. The molecule has 100 valence electrons. The minimum Gasteiger partial charge on any atom is -0.478 e. The van der Waals surface area contributed by atoms with Crippen molar-refractivity contribution in [2.45, 2.75) is 25.8 Å². The number of rotatable bonds is 7. The standard InChI is InChI=1S/C13H20N2O3/c1-3-5-9(8-18-2)15-12-10(13(16)17)6-4-7-11(12)14/h4,6-7,9,15H,3,5,8,14H2,1-2H3,(H,16,17). The molecule has 18 heavy (non-hydrogen) atoms. The molecule has 5 nitrogen and oxygen atoms in total. The van der Waals surface area contributed by atoms with E-state index in [1.54, 1.807) is 19.2 Å². The topological polar surface area (TPSA) is 84.6 Å². The molecule has 1 unspecified atom stereocenters. The third kappa shape index (κ3) is 3.63. The van der Waals surface area contributed by atoms with Gasteiger partial charge in [-0.1, -0.05) is 19.4 Å². The van der Waals surface area contributed by atoms with Crippen LogP contribution < -0.4 is 11.1 Å². The number of aromatic carboxylic acids is 1. The van der Waals surface area contributed by atoms with Gasteiger partial charge in [-0.2, -0.15) is 0 Å². The van der Waals surface area contributed by atoms with Crippen molar-refractivity contribution in [1.82, 2.24) is 0 Å². The van der Waals surface area contributed by atoms with Crippen molar-refractivity contribution < 1.29 is 14.6 Å². The smallest absolute Gasteiger partial charge is 0.337 e. The highest BCUT2D eigenvalue weighted by Gasteiger charge is 2.16. The van der Waals surface area contributed by atoms with Crippen LogP contribution in [0.25, 0.3) is 0 Å². The number of carboxylic acids is 1. The molecule has 5 heteroatoms. The average molecular weight is 252 g/mol. The highest BCUT2D eigenvalue weighted by Crippen LogP contribution is 2.25. The highest BCUT2D eigenvalue weighted by atomic mass is 16.5. The lowest BCUT2D eigenvalue weighted by Crippen LogP contribution is -2.26. The Morgan fingerprint density at radius 2 is 2.28 bits per heavy atom. The van der Waals surface area contributed by atoms with E-state index in [2.05, 4.69) is 12.2 Å². The van der Waals surface area contributed by atoms with E-state index in [4.69, 9.17) is 15.6 Å². The first kappa shape index (κ1) is 14.3. The third-order valence-electron chi connectivity index (χ3n) is 2.68. The molecule has 1 aromatic carbocycles. The fourth-order valence-corrected chi connectivity index (χ4v) is 1.86. The van der Waals surface area contributed by atoms with Crippen molar-refractivity contribution in [2.24, 2.45) is 0 Å². The number of hydrogen-bond acceptors (Lipinski definition) is 4. The lowest BCUT2D eigenvalue weighted by atomic mass is 10.1. The number of ether oxygens (including phenoxy) is 1. The van der Waals surface area contributed by atoms with Crippen molar-refractivity contribution in [3.05, 3.63) is 23.8 Å². The molecule has 1 atom stereocenters. The number of anilines is 2. The number of para-hydroxylation sites is 1. The summed E-state index contributed by atoms with van der Waals surface area (Å²) in [5.41, 5.74) is 6.93. The molecule has 0 amide bonds. The van der Waals surface area contributed by atoms with Crippen LogP contribution in [0.15, 0.2) is 18.2 Å². The van der Waals surface area contributed by atoms with E-state index in [-0.39, 0.29) is 11.6 Å². The van der Waals surface area contributed by atoms with Gasteiger partial charge in [-0.15, -0.1) is 0 Å². The Morgan fingerprint density at radius 1 is 1.56 bits per heavy atom. The number of nitrogens with one attached hydrogen (secondary N) is 1. The summed E-state index contributed by atoms with van der Waals surface area (Å²) < 4.78 is 5.12. The van der Waals surface area contributed by atoms with Gasteiger partial charge in [0.25, 0.3) is 0 Å². The van der Waals surface area contributed by atoms with E-state index in [0.29, 0.717) is 18.0 Å². The Bertz CT molecular complexity index is 401. The molecule has 0 saturated heterocycles. The van der Waals surface area contributed by atoms with Gasteiger partial charge in [0.1, 0.15) is 0 Å². The molecular formula is C13H20N2O3. The molecule has 1 rings (SSSR count). The number of benzene rings is 1. The second kappa shape index (κ2) is 6.86. The van der Waals surface area contributed by atoms with E-state index >= 15 is 0 Å². The van der Waals surface area contributed by atoms with Crippen molar-refractivity contribution >= 4 is 17.3 Å². The minimum atomic E-state index is -0.988. The minimum absolute atomic E-state index is 0.0581. The second-order valence-electron chi connectivity index (χ2n) is 4.16. The van der Waals surface area contributed by atoms with E-state index in [0.717, 1.165) is 12.8 Å². The molecule has 0 spiro atoms. The summed E-state index contributed by atoms with van der Waals surface area (Å²) in [5.74, 6) is -0.988. The fraction of sp³-hybridized carbons (Fsp3) is 0.462. The predicted molar refractivity (Wildman–Crippen MR) is 72.0 cm³/mol. The largest absolute Gasteiger partial charge is 0.478 e. The van der Waals surface area contributed by atoms with Crippen LogP contribution in [-0.4, -0.2) is 30.8 Å². The van der Waals surface area contributed by atoms with Gasteiger partial charge in [-0.25, -0.2) is 4.79 Å². The molecule has 0 radical (unpaired) electrons. The maximum absolute atomic E-state index is 11.1. The Hall–Kier alpha value is -1.75. The molecule has 0 aromatic heterocycles. The Balaban J connectivity index is 2.96. The van der Waals surface area contributed by atoms with Crippen LogP contribution in [0.5, 0.6) is 0 Å². The van der Waals surface area contributed by atoms with Crippen LogP contribution >= 0.6 is 0 Å². The Kier molecular flexibility index (Phi) is 5.45. The van der Waals surface area contributed by atoms with Gasteiger partial charge >= 0.3 is 5.97 Å². The highest BCUT2D eigenvalue weighted by molar-refractivity contribution is 5.97. The van der Waals surface area contributed by atoms with E-state index in [1.807, 2.05) is 0 Å². The average Bonchev–Trinajstić information content (AvgIpc) is 2.32. The third-order valence-corrected chi connectivity index (χ3v) is 2.68. The molecule has 0 aliphatic rings. The molecule has 0 bridgehead atoms. The van der Waals surface area contributed by atoms with Crippen molar-refractivity contribution in [3.63, 3.8) is 0 Å². The van der Waals surface area contributed by atoms with Gasteiger partial charge in [-0.3, -0.25) is 0 Å². The Labute approximate surface area is 107 Å². The zero-order chi connectivity index (χ0) is 13.5. The van der Waals surface area contributed by atoms with Gasteiger partial charge in [-0.05, 0) is 18.6 Å². The van der Waals surface area contributed by atoms with Crippen LogP contribution in [0.1, 0.15) is 30.1 Å². The lowest BCUT2D eigenvalue weighted by molar-refractivity contribution is 0.0698. The zero-order valence-corrected chi connectivity index (χ0v) is 10.8. The number of methoxy groups -OCH3 is 1. The molecule has 1 aromatic rings. The normalized spacial score (nSPS) is 12.1. The molecule has 0 saturated carbocycles.